The Morgan fingerprint density at radius 1 is 1.15 bits per heavy atom. The van der Waals surface area contributed by atoms with Gasteiger partial charge < -0.3 is 10.1 Å². The molecule has 0 spiro atoms. The molecule has 0 aromatic heterocycles. The molecule has 2 aromatic rings. The summed E-state index contributed by atoms with van der Waals surface area (Å²) in [4.78, 5) is 0. The number of ether oxygens (including phenoxy) is 1. The molecule has 0 radical (unpaired) electrons. The Bertz CT molecular complexity index is 569. The normalized spacial score (nSPS) is 10.3. The molecule has 0 fully saturated rings. The molecule has 0 amide bonds. The average Bonchev–Trinajstić information content (AvgIpc) is 2.46. The van der Waals surface area contributed by atoms with E-state index < -0.39 is 0 Å². The molecule has 2 aromatic carbocycles. The van der Waals surface area contributed by atoms with Gasteiger partial charge in [-0.05, 0) is 37.6 Å². The van der Waals surface area contributed by atoms with Crippen LogP contribution in [0.4, 0.5) is 5.69 Å². The summed E-state index contributed by atoms with van der Waals surface area (Å²) in [5.41, 5.74) is 4.62. The second kappa shape index (κ2) is 7.20. The minimum absolute atomic E-state index is 0.454. The Morgan fingerprint density at radius 2 is 2.00 bits per heavy atom. The van der Waals surface area contributed by atoms with Crippen LogP contribution in [0.25, 0.3) is 0 Å². The largest absolute Gasteiger partial charge is 0.494 e. The summed E-state index contributed by atoms with van der Waals surface area (Å²) in [6.07, 6.45) is 0. The van der Waals surface area contributed by atoms with E-state index in [0.29, 0.717) is 12.5 Å². The number of hydrogen-bond acceptors (Lipinski definition) is 2. The number of nitrogens with one attached hydrogen (secondary N) is 1. The molecule has 0 bridgehead atoms. The molecule has 106 valence electrons. The molecule has 0 aliphatic carbocycles. The third kappa shape index (κ3) is 3.91. The predicted molar refractivity (Wildman–Crippen MR) is 85.7 cm³/mol. The first-order valence-corrected chi connectivity index (χ1v) is 7.37. The van der Waals surface area contributed by atoms with Crippen molar-refractivity contribution in [3.05, 3.63) is 59.2 Å². The number of halogens is 1. The topological polar surface area (TPSA) is 21.3 Å². The van der Waals surface area contributed by atoms with E-state index in [0.717, 1.165) is 23.5 Å². The number of benzene rings is 2. The van der Waals surface area contributed by atoms with Crippen LogP contribution in [0, 0.1) is 6.92 Å². The quantitative estimate of drug-likeness (QED) is 0.775. The van der Waals surface area contributed by atoms with E-state index >= 15 is 0 Å². The SMILES string of the molecule is CCOc1ccc(NCc2cccc(C)c2)cc1CCl. The Hall–Kier alpha value is -1.67. The summed E-state index contributed by atoms with van der Waals surface area (Å²) in [5.74, 6) is 1.32. The van der Waals surface area contributed by atoms with Gasteiger partial charge >= 0.3 is 0 Å². The van der Waals surface area contributed by atoms with Crippen molar-refractivity contribution in [3.8, 4) is 5.75 Å². The van der Waals surface area contributed by atoms with Gasteiger partial charge in [-0.3, -0.25) is 0 Å². The van der Waals surface area contributed by atoms with Gasteiger partial charge in [-0.15, -0.1) is 11.6 Å². The highest BCUT2D eigenvalue weighted by molar-refractivity contribution is 6.17. The van der Waals surface area contributed by atoms with Crippen molar-refractivity contribution in [1.82, 2.24) is 0 Å². The zero-order valence-electron chi connectivity index (χ0n) is 11.9. The number of aryl methyl sites for hydroxylation is 1. The molecule has 2 rings (SSSR count). The first kappa shape index (κ1) is 14.7. The van der Waals surface area contributed by atoms with Crippen LogP contribution >= 0.6 is 11.6 Å². The van der Waals surface area contributed by atoms with E-state index in [1.807, 2.05) is 25.1 Å². The zero-order valence-corrected chi connectivity index (χ0v) is 12.7. The highest BCUT2D eigenvalue weighted by Gasteiger charge is 2.04. The van der Waals surface area contributed by atoms with Crippen LogP contribution in [0.1, 0.15) is 23.6 Å². The Balaban J connectivity index is 2.06. The highest BCUT2D eigenvalue weighted by atomic mass is 35.5. The molecule has 0 saturated carbocycles. The van der Waals surface area contributed by atoms with E-state index in [1.54, 1.807) is 0 Å². The van der Waals surface area contributed by atoms with Gasteiger partial charge in [0.2, 0.25) is 0 Å². The van der Waals surface area contributed by atoms with Crippen molar-refractivity contribution in [1.29, 1.82) is 0 Å². The fourth-order valence-corrected chi connectivity index (χ4v) is 2.33. The van der Waals surface area contributed by atoms with Gasteiger partial charge in [-0.2, -0.15) is 0 Å². The van der Waals surface area contributed by atoms with Gasteiger partial charge in [-0.25, -0.2) is 0 Å². The fraction of sp³-hybridized carbons (Fsp3) is 0.294. The molecule has 0 heterocycles. The summed E-state index contributed by atoms with van der Waals surface area (Å²) < 4.78 is 5.55. The van der Waals surface area contributed by atoms with Gasteiger partial charge in [0.15, 0.2) is 0 Å². The number of alkyl halides is 1. The summed E-state index contributed by atoms with van der Waals surface area (Å²) in [6, 6.07) is 14.5. The summed E-state index contributed by atoms with van der Waals surface area (Å²) in [7, 11) is 0. The second-order valence-corrected chi connectivity index (χ2v) is 5.00. The Labute approximate surface area is 125 Å². The van der Waals surface area contributed by atoms with Crippen molar-refractivity contribution in [2.75, 3.05) is 11.9 Å². The van der Waals surface area contributed by atoms with Gasteiger partial charge in [0.05, 0.1) is 12.5 Å². The van der Waals surface area contributed by atoms with E-state index in [9.17, 15) is 0 Å². The van der Waals surface area contributed by atoms with E-state index in [2.05, 4.69) is 36.5 Å². The van der Waals surface area contributed by atoms with Crippen molar-refractivity contribution < 1.29 is 4.74 Å². The Morgan fingerprint density at radius 3 is 2.70 bits per heavy atom. The molecule has 0 saturated heterocycles. The van der Waals surface area contributed by atoms with Crippen LogP contribution in [0.5, 0.6) is 5.75 Å². The zero-order chi connectivity index (χ0) is 14.4. The van der Waals surface area contributed by atoms with Gasteiger partial charge in [0, 0.05) is 17.8 Å². The molecule has 3 heteroatoms. The van der Waals surface area contributed by atoms with Crippen LogP contribution in [-0.2, 0) is 12.4 Å². The molecule has 20 heavy (non-hydrogen) atoms. The third-order valence-corrected chi connectivity index (χ3v) is 3.37. The average molecular weight is 290 g/mol. The molecule has 0 unspecified atom stereocenters. The van der Waals surface area contributed by atoms with Gasteiger partial charge in [-0.1, -0.05) is 29.8 Å². The molecular formula is C17H20ClNO. The minimum atomic E-state index is 0.454. The lowest BCUT2D eigenvalue weighted by atomic mass is 10.1. The van der Waals surface area contributed by atoms with E-state index in [1.165, 1.54) is 11.1 Å². The van der Waals surface area contributed by atoms with Crippen molar-refractivity contribution in [3.63, 3.8) is 0 Å². The van der Waals surface area contributed by atoms with Gasteiger partial charge in [0.1, 0.15) is 5.75 Å². The molecule has 2 nitrogen and oxygen atoms in total. The van der Waals surface area contributed by atoms with Gasteiger partial charge in [0.25, 0.3) is 0 Å². The second-order valence-electron chi connectivity index (χ2n) is 4.73. The smallest absolute Gasteiger partial charge is 0.123 e. The molecule has 0 atom stereocenters. The lowest BCUT2D eigenvalue weighted by molar-refractivity contribution is 0.337. The number of hydrogen-bond donors (Lipinski definition) is 1. The lowest BCUT2D eigenvalue weighted by Gasteiger charge is -2.12. The molecule has 1 N–H and O–H groups in total. The van der Waals surface area contributed by atoms with Crippen molar-refractivity contribution in [2.45, 2.75) is 26.3 Å². The molecule has 0 aliphatic rings. The predicted octanol–water partition coefficient (Wildman–Crippen LogP) is 4.74. The molecule has 0 aliphatic heterocycles. The third-order valence-electron chi connectivity index (χ3n) is 3.08. The molecular weight excluding hydrogens is 270 g/mol. The van der Waals surface area contributed by atoms with E-state index in [-0.39, 0.29) is 0 Å². The summed E-state index contributed by atoms with van der Waals surface area (Å²) in [6.45, 7) is 5.53. The standard InChI is InChI=1S/C17H20ClNO/c1-3-20-17-8-7-16(10-15(17)11-18)19-12-14-6-4-5-13(2)9-14/h4-10,19H,3,11-12H2,1-2H3. The number of anilines is 1. The maximum absolute atomic E-state index is 5.97. The van der Waals surface area contributed by atoms with Crippen molar-refractivity contribution >= 4 is 17.3 Å². The first-order valence-electron chi connectivity index (χ1n) is 6.84. The maximum atomic E-state index is 5.97. The van der Waals surface area contributed by atoms with Crippen LogP contribution in [0.2, 0.25) is 0 Å². The van der Waals surface area contributed by atoms with Crippen LogP contribution in [0.15, 0.2) is 42.5 Å². The van der Waals surface area contributed by atoms with E-state index in [4.69, 9.17) is 16.3 Å². The first-order chi connectivity index (χ1) is 9.72. The highest BCUT2D eigenvalue weighted by Crippen LogP contribution is 2.25. The monoisotopic (exact) mass is 289 g/mol. The van der Waals surface area contributed by atoms with Crippen molar-refractivity contribution in [2.24, 2.45) is 0 Å². The number of rotatable bonds is 6. The lowest BCUT2D eigenvalue weighted by Crippen LogP contribution is -2.01. The maximum Gasteiger partial charge on any atom is 0.123 e. The van der Waals surface area contributed by atoms with Crippen LogP contribution in [0.3, 0.4) is 0 Å². The van der Waals surface area contributed by atoms with Crippen LogP contribution in [-0.4, -0.2) is 6.61 Å². The Kier molecular flexibility index (Phi) is 5.31. The fourth-order valence-electron chi connectivity index (χ4n) is 2.12. The summed E-state index contributed by atoms with van der Waals surface area (Å²) in [5, 5.41) is 3.42. The summed E-state index contributed by atoms with van der Waals surface area (Å²) >= 11 is 5.97. The van der Waals surface area contributed by atoms with Crippen LogP contribution < -0.4 is 10.1 Å². The minimum Gasteiger partial charge on any atom is -0.494 e.